The largest absolute Gasteiger partial charge is 0.479 e. The summed E-state index contributed by atoms with van der Waals surface area (Å²) in [6, 6.07) is 0. The number of carbonyl (C=O) groups excluding carboxylic acids is 1. The SMILES string of the molecule is CC1(C)CC[C@]2(C(=O)O[C@@H]3O[C@H](CO)[C@@H](O)[C@H](O)[C@H]3O)CC[C@]3(C)C(=CC[C@@H]4[C@@]5(C)CC[C@H](OC6O[C@H](C(=O)O)[C@@H](O)[C@H](O)[C@H]6O[C@@H]6O[C@H](CO)[C@@H](O)[C@H](O)[C@H]6O)C(C)(C)[C@@H]5CC[C@]43C)[C@@H]2C1. The van der Waals surface area contributed by atoms with E-state index >= 15 is 0 Å². The van der Waals surface area contributed by atoms with Crippen molar-refractivity contribution in [3.63, 3.8) is 0 Å². The number of carbonyl (C=O) groups is 2. The molecule has 0 aromatic heterocycles. The van der Waals surface area contributed by atoms with Crippen LogP contribution >= 0.6 is 0 Å². The van der Waals surface area contributed by atoms with Crippen LogP contribution in [0.4, 0.5) is 0 Å². The molecule has 4 saturated carbocycles. The Labute approximate surface area is 391 Å². The summed E-state index contributed by atoms with van der Waals surface area (Å²) in [4.78, 5) is 27.0. The van der Waals surface area contributed by atoms with Crippen LogP contribution in [0.1, 0.15) is 113 Å². The maximum absolute atomic E-state index is 14.7. The number of esters is 1. The highest BCUT2D eigenvalue weighted by Crippen LogP contribution is 2.76. The Hall–Kier alpha value is -1.92. The van der Waals surface area contributed by atoms with Crippen molar-refractivity contribution in [2.75, 3.05) is 13.2 Å². The minimum absolute atomic E-state index is 0.0828. The fourth-order valence-electron chi connectivity index (χ4n) is 15.0. The third kappa shape index (κ3) is 8.06. The van der Waals surface area contributed by atoms with Crippen molar-refractivity contribution >= 4 is 11.9 Å². The lowest BCUT2D eigenvalue weighted by Crippen LogP contribution is -2.67. The van der Waals surface area contributed by atoms with Gasteiger partial charge in [-0.15, -0.1) is 0 Å². The normalized spacial score (nSPS) is 52.6. The first-order valence-corrected chi connectivity index (χ1v) is 24.3. The molecular weight excluding hydrogens is 881 g/mol. The van der Waals surface area contributed by atoms with Gasteiger partial charge in [0.2, 0.25) is 6.29 Å². The number of fused-ring (bicyclic) bond motifs is 7. The molecule has 8 rings (SSSR count). The first-order chi connectivity index (χ1) is 31.2. The molecule has 7 fully saturated rings. The number of rotatable bonds is 9. The molecule has 3 heterocycles. The van der Waals surface area contributed by atoms with Gasteiger partial charge in [0, 0.05) is 0 Å². The first kappa shape index (κ1) is 51.4. The Morgan fingerprint density at radius 2 is 1.24 bits per heavy atom. The van der Waals surface area contributed by atoms with Gasteiger partial charge in [0.1, 0.15) is 67.1 Å². The van der Waals surface area contributed by atoms with Crippen LogP contribution in [0.25, 0.3) is 0 Å². The van der Waals surface area contributed by atoms with E-state index in [0.717, 1.165) is 38.5 Å². The molecule has 0 aromatic rings. The fraction of sp³-hybridized carbons (Fsp3) is 0.917. The fourth-order valence-corrected chi connectivity index (χ4v) is 15.0. The molecule has 67 heavy (non-hydrogen) atoms. The second-order valence-electron chi connectivity index (χ2n) is 23.5. The highest BCUT2D eigenvalue weighted by atomic mass is 16.8. The third-order valence-corrected chi connectivity index (χ3v) is 19.3. The number of hydrogen-bond donors (Lipinski definition) is 11. The maximum atomic E-state index is 14.7. The van der Waals surface area contributed by atoms with Gasteiger partial charge in [-0.25, -0.2) is 4.79 Å². The molecular formula is C48H76O19. The zero-order chi connectivity index (χ0) is 49.1. The Morgan fingerprint density at radius 3 is 1.85 bits per heavy atom. The van der Waals surface area contributed by atoms with Crippen molar-refractivity contribution in [1.29, 1.82) is 0 Å². The molecule has 19 nitrogen and oxygen atoms in total. The summed E-state index contributed by atoms with van der Waals surface area (Å²) in [7, 11) is 0. The number of aliphatic hydroxyl groups excluding tert-OH is 10. The summed E-state index contributed by atoms with van der Waals surface area (Å²) in [6.45, 7) is 14.4. The zero-order valence-electron chi connectivity index (χ0n) is 39.7. The molecule has 1 unspecified atom stereocenters. The molecule has 11 N–H and O–H groups in total. The van der Waals surface area contributed by atoms with Gasteiger partial charge in [0.05, 0.1) is 24.7 Å². The second-order valence-corrected chi connectivity index (χ2v) is 23.5. The standard InChI is InChI=1S/C48H76O19/c1-43(2)14-16-48(42(61)67-40-35(58)31(54)29(52)24(20-50)63-40)17-15-46(6)21(22(48)18-43)8-9-26-45(5)12-11-27(44(3,4)25(45)10-13-47(26,46)7)64-41-37(33(56)32(55)36(65-41)38(59)60)66-39-34(57)30(53)28(51)23(19-49)62-39/h8,22-37,39-41,49-58H,9-20H2,1-7H3,(H,59,60)/t22-,23+,24+,25-,26+,27-,28+,29+,30-,31-,32-,33-,34+,35+,36-,37+,39-,40-,41?,45-,46+,47+,48-/m0/s1. The van der Waals surface area contributed by atoms with Crippen molar-refractivity contribution in [1.82, 2.24) is 0 Å². The summed E-state index contributed by atoms with van der Waals surface area (Å²) in [6.07, 6.45) is -16.4. The first-order valence-electron chi connectivity index (χ1n) is 24.3. The van der Waals surface area contributed by atoms with Gasteiger partial charge in [0.25, 0.3) is 0 Å². The van der Waals surface area contributed by atoms with Crippen molar-refractivity contribution in [3.8, 4) is 0 Å². The van der Waals surface area contributed by atoms with E-state index in [0.29, 0.717) is 25.7 Å². The predicted octanol–water partition coefficient (Wildman–Crippen LogP) is 0.233. The van der Waals surface area contributed by atoms with E-state index < -0.39 is 134 Å². The molecule has 0 spiro atoms. The molecule has 3 saturated heterocycles. The smallest absolute Gasteiger partial charge is 0.335 e. The molecule has 0 amide bonds. The lowest BCUT2D eigenvalue weighted by molar-refractivity contribution is -0.374. The van der Waals surface area contributed by atoms with Crippen molar-refractivity contribution in [3.05, 3.63) is 11.6 Å². The monoisotopic (exact) mass is 956 g/mol. The van der Waals surface area contributed by atoms with Gasteiger partial charge in [0.15, 0.2) is 18.7 Å². The summed E-state index contributed by atoms with van der Waals surface area (Å²) in [5.74, 6) is -1.94. The van der Waals surface area contributed by atoms with Crippen molar-refractivity contribution < 1.29 is 94.2 Å². The maximum Gasteiger partial charge on any atom is 0.335 e. The summed E-state index contributed by atoms with van der Waals surface area (Å²) >= 11 is 0. The van der Waals surface area contributed by atoms with Gasteiger partial charge < -0.3 is 84.6 Å². The Kier molecular flexibility index (Phi) is 13.8. The number of hydrogen-bond acceptors (Lipinski definition) is 18. The summed E-state index contributed by atoms with van der Waals surface area (Å²) in [5, 5.41) is 115. The van der Waals surface area contributed by atoms with E-state index in [2.05, 4.69) is 54.5 Å². The molecule has 3 aliphatic heterocycles. The van der Waals surface area contributed by atoms with Gasteiger partial charge in [-0.05, 0) is 109 Å². The Morgan fingerprint density at radius 1 is 0.642 bits per heavy atom. The van der Waals surface area contributed by atoms with E-state index in [4.69, 9.17) is 28.4 Å². The predicted molar refractivity (Wildman–Crippen MR) is 231 cm³/mol. The van der Waals surface area contributed by atoms with Crippen LogP contribution in [0.3, 0.4) is 0 Å². The van der Waals surface area contributed by atoms with Crippen LogP contribution in [0.5, 0.6) is 0 Å². The van der Waals surface area contributed by atoms with E-state index in [1.54, 1.807) is 0 Å². The van der Waals surface area contributed by atoms with Crippen LogP contribution in [-0.2, 0) is 38.0 Å². The van der Waals surface area contributed by atoms with E-state index in [1.807, 2.05) is 0 Å². The summed E-state index contributed by atoms with van der Waals surface area (Å²) in [5.41, 5.74) is -1.05. The molecule has 8 aliphatic rings. The minimum atomic E-state index is -1.98. The van der Waals surface area contributed by atoms with Crippen LogP contribution in [0.2, 0.25) is 0 Å². The van der Waals surface area contributed by atoms with Crippen LogP contribution in [-0.4, -0.2) is 180 Å². The van der Waals surface area contributed by atoms with Gasteiger partial charge >= 0.3 is 11.9 Å². The van der Waals surface area contributed by atoms with E-state index in [9.17, 15) is 65.8 Å². The Balaban J connectivity index is 1.05. The average Bonchev–Trinajstić information content (AvgIpc) is 3.26. The highest BCUT2D eigenvalue weighted by molar-refractivity contribution is 5.79. The third-order valence-electron chi connectivity index (χ3n) is 19.3. The van der Waals surface area contributed by atoms with Gasteiger partial charge in [-0.3, -0.25) is 4.79 Å². The van der Waals surface area contributed by atoms with E-state index in [-0.39, 0.29) is 39.4 Å². The molecule has 5 aliphatic carbocycles. The molecule has 19 heteroatoms. The highest BCUT2D eigenvalue weighted by Gasteiger charge is 2.70. The number of carboxylic acids is 1. The van der Waals surface area contributed by atoms with Crippen LogP contribution < -0.4 is 0 Å². The zero-order valence-corrected chi connectivity index (χ0v) is 39.7. The number of allylic oxidation sites excluding steroid dienone is 2. The van der Waals surface area contributed by atoms with Crippen molar-refractivity contribution in [2.45, 2.75) is 211 Å². The average molecular weight is 957 g/mol. The van der Waals surface area contributed by atoms with Gasteiger partial charge in [-0.2, -0.15) is 0 Å². The van der Waals surface area contributed by atoms with Crippen LogP contribution in [0, 0.1) is 50.2 Å². The van der Waals surface area contributed by atoms with Gasteiger partial charge in [-0.1, -0.05) is 60.1 Å². The molecule has 0 bridgehead atoms. The molecule has 0 radical (unpaired) electrons. The lowest BCUT2D eigenvalue weighted by atomic mass is 9.33. The summed E-state index contributed by atoms with van der Waals surface area (Å²) < 4.78 is 35.7. The number of carboxylic acid groups (broad SMARTS) is 1. The quantitative estimate of drug-likeness (QED) is 0.0838. The number of ether oxygens (including phenoxy) is 6. The van der Waals surface area contributed by atoms with E-state index in [1.165, 1.54) is 5.57 Å². The van der Waals surface area contributed by atoms with Crippen LogP contribution in [0.15, 0.2) is 11.6 Å². The minimum Gasteiger partial charge on any atom is -0.479 e. The number of aliphatic carboxylic acids is 1. The number of aliphatic hydroxyl groups is 10. The molecule has 382 valence electrons. The topological polar surface area (TPSA) is 312 Å². The lowest BCUT2D eigenvalue weighted by Gasteiger charge is -2.71. The van der Waals surface area contributed by atoms with Crippen molar-refractivity contribution in [2.24, 2.45) is 50.2 Å². The molecule has 0 aromatic carbocycles. The second kappa shape index (κ2) is 18.0. The molecule has 23 atom stereocenters. The Bertz CT molecular complexity index is 1870.